The predicted molar refractivity (Wildman–Crippen MR) is 44.9 cm³/mol. The van der Waals surface area contributed by atoms with Crippen LogP contribution < -0.4 is 0 Å². The molecule has 2 rings (SSSR count). The highest BCUT2D eigenvalue weighted by atomic mass is 16.8. The normalized spacial score (nSPS) is 47.6. The van der Waals surface area contributed by atoms with Gasteiger partial charge in [-0.25, -0.2) is 0 Å². The first-order chi connectivity index (χ1) is 5.97. The van der Waals surface area contributed by atoms with Gasteiger partial charge < -0.3 is 19.3 Å². The lowest BCUT2D eigenvalue weighted by molar-refractivity contribution is -0.206. The SMILES string of the molecule is C=CC1(O)COC2OC(C)(C)OC21. The van der Waals surface area contributed by atoms with Crippen LogP contribution in [0.1, 0.15) is 13.8 Å². The molecule has 0 saturated carbocycles. The van der Waals surface area contributed by atoms with Crippen molar-refractivity contribution in [3.63, 3.8) is 0 Å². The molecular weight excluding hydrogens is 172 g/mol. The van der Waals surface area contributed by atoms with Crippen LogP contribution in [0.4, 0.5) is 0 Å². The summed E-state index contributed by atoms with van der Waals surface area (Å²) in [5, 5.41) is 9.95. The first-order valence-corrected chi connectivity index (χ1v) is 4.30. The summed E-state index contributed by atoms with van der Waals surface area (Å²) < 4.78 is 16.2. The minimum Gasteiger partial charge on any atom is -0.380 e. The fourth-order valence-corrected chi connectivity index (χ4v) is 1.66. The molecule has 0 aliphatic carbocycles. The van der Waals surface area contributed by atoms with Crippen molar-refractivity contribution in [1.82, 2.24) is 0 Å². The number of aliphatic hydroxyl groups is 1. The fraction of sp³-hybridized carbons (Fsp3) is 0.778. The van der Waals surface area contributed by atoms with Gasteiger partial charge in [0.1, 0.15) is 11.7 Å². The maximum Gasteiger partial charge on any atom is 0.190 e. The van der Waals surface area contributed by atoms with E-state index in [-0.39, 0.29) is 6.61 Å². The monoisotopic (exact) mass is 186 g/mol. The van der Waals surface area contributed by atoms with Crippen molar-refractivity contribution >= 4 is 0 Å². The van der Waals surface area contributed by atoms with Crippen molar-refractivity contribution in [2.24, 2.45) is 0 Å². The lowest BCUT2D eigenvalue weighted by Crippen LogP contribution is -2.42. The number of hydrogen-bond acceptors (Lipinski definition) is 4. The van der Waals surface area contributed by atoms with Crippen LogP contribution in [0.3, 0.4) is 0 Å². The van der Waals surface area contributed by atoms with Crippen LogP contribution in [0.5, 0.6) is 0 Å². The van der Waals surface area contributed by atoms with Gasteiger partial charge in [-0.3, -0.25) is 0 Å². The van der Waals surface area contributed by atoms with Crippen molar-refractivity contribution in [2.45, 2.75) is 37.6 Å². The maximum atomic E-state index is 9.95. The highest BCUT2D eigenvalue weighted by Crippen LogP contribution is 2.39. The molecule has 2 aliphatic rings. The van der Waals surface area contributed by atoms with Gasteiger partial charge in [-0.15, -0.1) is 6.58 Å². The first kappa shape index (κ1) is 9.15. The van der Waals surface area contributed by atoms with Crippen molar-refractivity contribution < 1.29 is 19.3 Å². The Hall–Kier alpha value is -0.420. The van der Waals surface area contributed by atoms with E-state index in [9.17, 15) is 5.11 Å². The van der Waals surface area contributed by atoms with Gasteiger partial charge in [-0.05, 0) is 13.8 Å². The molecule has 3 atom stereocenters. The molecule has 0 aromatic rings. The van der Waals surface area contributed by atoms with E-state index in [2.05, 4.69) is 6.58 Å². The molecule has 0 amide bonds. The van der Waals surface area contributed by atoms with Gasteiger partial charge in [0, 0.05) is 0 Å². The van der Waals surface area contributed by atoms with Crippen LogP contribution in [0.15, 0.2) is 12.7 Å². The quantitative estimate of drug-likeness (QED) is 0.602. The van der Waals surface area contributed by atoms with Gasteiger partial charge >= 0.3 is 0 Å². The first-order valence-electron chi connectivity index (χ1n) is 4.30. The zero-order valence-corrected chi connectivity index (χ0v) is 7.82. The average Bonchev–Trinajstić information content (AvgIpc) is 2.49. The molecule has 2 saturated heterocycles. The van der Waals surface area contributed by atoms with Crippen LogP contribution in [-0.4, -0.2) is 35.5 Å². The Morgan fingerprint density at radius 2 is 2.15 bits per heavy atom. The third kappa shape index (κ3) is 1.30. The smallest absolute Gasteiger partial charge is 0.190 e. The summed E-state index contributed by atoms with van der Waals surface area (Å²) in [6.07, 6.45) is 0.514. The molecular formula is C9H14O4. The Morgan fingerprint density at radius 1 is 1.46 bits per heavy atom. The Labute approximate surface area is 77.1 Å². The van der Waals surface area contributed by atoms with Crippen LogP contribution >= 0.6 is 0 Å². The molecule has 0 aromatic heterocycles. The summed E-state index contributed by atoms with van der Waals surface area (Å²) in [7, 11) is 0. The van der Waals surface area contributed by atoms with Crippen molar-refractivity contribution in [3.05, 3.63) is 12.7 Å². The molecule has 0 radical (unpaired) electrons. The molecule has 2 fully saturated rings. The molecule has 13 heavy (non-hydrogen) atoms. The Kier molecular flexibility index (Phi) is 1.79. The van der Waals surface area contributed by atoms with Crippen LogP contribution in [0.25, 0.3) is 0 Å². The molecule has 2 heterocycles. The Morgan fingerprint density at radius 3 is 2.77 bits per heavy atom. The molecule has 0 spiro atoms. The van der Waals surface area contributed by atoms with Crippen LogP contribution in [0.2, 0.25) is 0 Å². The number of hydrogen-bond donors (Lipinski definition) is 1. The van der Waals surface area contributed by atoms with Crippen LogP contribution in [-0.2, 0) is 14.2 Å². The molecule has 74 valence electrons. The third-order valence-corrected chi connectivity index (χ3v) is 2.38. The highest BCUT2D eigenvalue weighted by Gasteiger charge is 2.56. The Balaban J connectivity index is 2.21. The lowest BCUT2D eigenvalue weighted by Gasteiger charge is -2.24. The van der Waals surface area contributed by atoms with Gasteiger partial charge in [0.05, 0.1) is 6.61 Å². The van der Waals surface area contributed by atoms with Gasteiger partial charge in [0.2, 0.25) is 0 Å². The third-order valence-electron chi connectivity index (χ3n) is 2.38. The zero-order chi connectivity index (χ0) is 9.69. The molecule has 2 aliphatic heterocycles. The van der Waals surface area contributed by atoms with Gasteiger partial charge in [-0.1, -0.05) is 6.08 Å². The summed E-state index contributed by atoms with van der Waals surface area (Å²) in [4.78, 5) is 0. The molecule has 3 unspecified atom stereocenters. The highest BCUT2D eigenvalue weighted by molar-refractivity contribution is 5.08. The average molecular weight is 186 g/mol. The summed E-state index contributed by atoms with van der Waals surface area (Å²) >= 11 is 0. The van der Waals surface area contributed by atoms with E-state index in [0.29, 0.717) is 0 Å². The van der Waals surface area contributed by atoms with Gasteiger partial charge in [0.15, 0.2) is 12.1 Å². The zero-order valence-electron chi connectivity index (χ0n) is 7.82. The Bertz CT molecular complexity index is 238. The number of fused-ring (bicyclic) bond motifs is 1. The molecule has 4 heteroatoms. The number of ether oxygens (including phenoxy) is 3. The second kappa shape index (κ2) is 2.54. The summed E-state index contributed by atoms with van der Waals surface area (Å²) in [6.45, 7) is 7.32. The fourth-order valence-electron chi connectivity index (χ4n) is 1.66. The largest absolute Gasteiger partial charge is 0.380 e. The number of rotatable bonds is 1. The van der Waals surface area contributed by atoms with E-state index in [0.717, 1.165) is 0 Å². The maximum absolute atomic E-state index is 9.95. The van der Waals surface area contributed by atoms with Gasteiger partial charge in [0.25, 0.3) is 0 Å². The summed E-state index contributed by atoms with van der Waals surface area (Å²) in [6, 6.07) is 0. The molecule has 1 N–H and O–H groups in total. The van der Waals surface area contributed by atoms with E-state index in [1.807, 2.05) is 0 Å². The topological polar surface area (TPSA) is 47.9 Å². The van der Waals surface area contributed by atoms with E-state index >= 15 is 0 Å². The minimum absolute atomic E-state index is 0.182. The molecule has 4 nitrogen and oxygen atoms in total. The van der Waals surface area contributed by atoms with Crippen LogP contribution in [0, 0.1) is 0 Å². The van der Waals surface area contributed by atoms with E-state index in [1.54, 1.807) is 13.8 Å². The van der Waals surface area contributed by atoms with E-state index in [1.165, 1.54) is 6.08 Å². The van der Waals surface area contributed by atoms with Crippen molar-refractivity contribution in [2.75, 3.05) is 6.61 Å². The van der Waals surface area contributed by atoms with E-state index < -0.39 is 23.8 Å². The second-order valence-electron chi connectivity index (χ2n) is 3.93. The molecule has 0 aromatic carbocycles. The second-order valence-corrected chi connectivity index (χ2v) is 3.93. The van der Waals surface area contributed by atoms with Crippen molar-refractivity contribution in [3.8, 4) is 0 Å². The van der Waals surface area contributed by atoms with E-state index in [4.69, 9.17) is 14.2 Å². The summed E-state index contributed by atoms with van der Waals surface area (Å²) in [5.74, 6) is -0.688. The standard InChI is InChI=1S/C9H14O4/c1-4-9(10)5-11-7-6(9)12-8(2,3)13-7/h4,6-7,10H,1,5H2,2-3H3. The van der Waals surface area contributed by atoms with Gasteiger partial charge in [-0.2, -0.15) is 0 Å². The predicted octanol–water partition coefficient (Wildman–Crippen LogP) is 0.411. The molecule has 0 bridgehead atoms. The minimum atomic E-state index is -1.11. The summed E-state index contributed by atoms with van der Waals surface area (Å²) in [5.41, 5.74) is -1.11. The lowest BCUT2D eigenvalue weighted by atomic mass is 10.0. The van der Waals surface area contributed by atoms with Crippen molar-refractivity contribution in [1.29, 1.82) is 0 Å².